The summed E-state index contributed by atoms with van der Waals surface area (Å²) in [4.78, 5) is 26.1. The van der Waals surface area contributed by atoms with E-state index >= 15 is 0 Å². The largest absolute Gasteiger partial charge is 0.492 e. The lowest BCUT2D eigenvalue weighted by atomic mass is 10.0. The Bertz CT molecular complexity index is 1530. The molecule has 6 rings (SSSR count). The zero-order valence-electron chi connectivity index (χ0n) is 20.4. The van der Waals surface area contributed by atoms with E-state index in [0.717, 1.165) is 63.1 Å². The van der Waals surface area contributed by atoms with Crippen molar-refractivity contribution in [1.29, 1.82) is 0 Å². The highest BCUT2D eigenvalue weighted by Gasteiger charge is 2.21. The molecule has 0 unspecified atom stereocenters. The molecular formula is C27H28BrN5O4. The predicted molar refractivity (Wildman–Crippen MR) is 147 cm³/mol. The lowest BCUT2D eigenvalue weighted by Gasteiger charge is -2.29. The molecule has 2 aromatic heterocycles. The Morgan fingerprint density at radius 1 is 1.22 bits per heavy atom. The second-order valence-corrected chi connectivity index (χ2v) is 10.3. The number of imidazole rings is 1. The summed E-state index contributed by atoms with van der Waals surface area (Å²) in [6.45, 7) is 6.00. The fourth-order valence-electron chi connectivity index (χ4n) is 5.06. The minimum Gasteiger partial charge on any atom is -0.492 e. The van der Waals surface area contributed by atoms with Gasteiger partial charge in [-0.15, -0.1) is 0 Å². The number of rotatable bonds is 6. The van der Waals surface area contributed by atoms with Gasteiger partial charge in [-0.2, -0.15) is 0 Å². The van der Waals surface area contributed by atoms with Crippen LogP contribution in [0.4, 0.5) is 11.4 Å². The molecule has 192 valence electrons. The Morgan fingerprint density at radius 2 is 2.05 bits per heavy atom. The van der Waals surface area contributed by atoms with Gasteiger partial charge in [0.15, 0.2) is 0 Å². The molecular weight excluding hydrogens is 538 g/mol. The molecule has 0 aliphatic carbocycles. The van der Waals surface area contributed by atoms with E-state index in [-0.39, 0.29) is 12.1 Å². The van der Waals surface area contributed by atoms with Crippen molar-refractivity contribution >= 4 is 38.3 Å². The van der Waals surface area contributed by atoms with Gasteiger partial charge >= 0.3 is 0 Å². The van der Waals surface area contributed by atoms with Gasteiger partial charge in [0.2, 0.25) is 0 Å². The Kier molecular flexibility index (Phi) is 6.39. The van der Waals surface area contributed by atoms with Crippen LogP contribution in [0.3, 0.4) is 0 Å². The van der Waals surface area contributed by atoms with Gasteiger partial charge in [-0.05, 0) is 69.9 Å². The molecule has 0 amide bonds. The summed E-state index contributed by atoms with van der Waals surface area (Å²) in [5, 5.41) is 14.2. The number of fused-ring (bicyclic) bond motifs is 2. The van der Waals surface area contributed by atoms with Gasteiger partial charge in [0.05, 0.1) is 47.1 Å². The normalized spacial score (nSPS) is 16.0. The number of hydrogen-bond donors (Lipinski definition) is 4. The molecule has 1 atom stereocenters. The van der Waals surface area contributed by atoms with Crippen LogP contribution in [0.15, 0.2) is 45.8 Å². The van der Waals surface area contributed by atoms with Gasteiger partial charge in [-0.3, -0.25) is 4.79 Å². The number of morpholine rings is 1. The summed E-state index contributed by atoms with van der Waals surface area (Å²) >= 11 is 3.54. The molecule has 4 N–H and O–H groups in total. The molecule has 1 saturated heterocycles. The average Bonchev–Trinajstić information content (AvgIpc) is 3.55. The monoisotopic (exact) mass is 565 g/mol. The van der Waals surface area contributed by atoms with Crippen molar-refractivity contribution in [3.8, 4) is 17.1 Å². The Hall–Kier alpha value is -3.34. The molecule has 4 heterocycles. The molecule has 0 saturated carbocycles. The minimum absolute atomic E-state index is 0.225. The lowest BCUT2D eigenvalue weighted by molar-refractivity contribution is 0.122. The molecule has 2 aliphatic rings. The number of nitrogens with zero attached hydrogens (tertiary/aromatic N) is 2. The van der Waals surface area contributed by atoms with Crippen molar-refractivity contribution in [1.82, 2.24) is 15.0 Å². The van der Waals surface area contributed by atoms with Gasteiger partial charge in [-0.25, -0.2) is 4.98 Å². The quantitative estimate of drug-likeness (QED) is 0.280. The summed E-state index contributed by atoms with van der Waals surface area (Å²) in [5.74, 6) is 1.33. The maximum atomic E-state index is 12.9. The molecule has 2 aromatic carbocycles. The number of anilines is 2. The SMILES string of the molecule is Cc1cc(N2CCOCC2)cc2[nH]c(-c3c(NC[C@@H](O)c4cc(Br)c5c(c4)CCO5)cc[nH]c3=O)nc12. The summed E-state index contributed by atoms with van der Waals surface area (Å²) in [6, 6.07) is 9.85. The van der Waals surface area contributed by atoms with Crippen molar-refractivity contribution < 1.29 is 14.6 Å². The van der Waals surface area contributed by atoms with E-state index in [1.807, 2.05) is 19.1 Å². The highest BCUT2D eigenvalue weighted by atomic mass is 79.9. The molecule has 0 radical (unpaired) electrons. The summed E-state index contributed by atoms with van der Waals surface area (Å²) in [5.41, 5.74) is 6.44. The van der Waals surface area contributed by atoms with E-state index in [9.17, 15) is 9.90 Å². The maximum absolute atomic E-state index is 12.9. The first-order valence-electron chi connectivity index (χ1n) is 12.4. The zero-order valence-corrected chi connectivity index (χ0v) is 22.0. The van der Waals surface area contributed by atoms with Crippen molar-refractivity contribution in [2.45, 2.75) is 19.4 Å². The van der Waals surface area contributed by atoms with E-state index in [4.69, 9.17) is 14.5 Å². The van der Waals surface area contributed by atoms with Crippen LogP contribution in [0.2, 0.25) is 0 Å². The van der Waals surface area contributed by atoms with Crippen LogP contribution >= 0.6 is 15.9 Å². The van der Waals surface area contributed by atoms with Gasteiger partial charge in [0, 0.05) is 37.9 Å². The fourth-order valence-corrected chi connectivity index (χ4v) is 5.69. The number of aromatic amines is 2. The van der Waals surface area contributed by atoms with Gasteiger partial charge in [-0.1, -0.05) is 0 Å². The third-order valence-electron chi connectivity index (χ3n) is 6.97. The maximum Gasteiger partial charge on any atom is 0.261 e. The number of halogens is 1. The summed E-state index contributed by atoms with van der Waals surface area (Å²) in [6.07, 6.45) is 1.64. The second kappa shape index (κ2) is 9.85. The zero-order chi connectivity index (χ0) is 25.5. The Morgan fingerprint density at radius 3 is 2.89 bits per heavy atom. The number of aromatic nitrogens is 3. The van der Waals surface area contributed by atoms with Crippen LogP contribution in [0, 0.1) is 6.92 Å². The number of ether oxygens (including phenoxy) is 2. The number of pyridine rings is 1. The van der Waals surface area contributed by atoms with Gasteiger partial charge in [0.1, 0.15) is 17.1 Å². The third-order valence-corrected chi connectivity index (χ3v) is 7.56. The van der Waals surface area contributed by atoms with E-state index in [2.05, 4.69) is 48.2 Å². The number of H-pyrrole nitrogens is 2. The minimum atomic E-state index is -0.775. The average molecular weight is 566 g/mol. The first-order valence-corrected chi connectivity index (χ1v) is 13.2. The number of aliphatic hydroxyl groups excluding tert-OH is 1. The fraction of sp³-hybridized carbons (Fsp3) is 0.333. The van der Waals surface area contributed by atoms with Crippen molar-refractivity contribution in [2.24, 2.45) is 0 Å². The number of aryl methyl sites for hydroxylation is 1. The van der Waals surface area contributed by atoms with E-state index in [1.54, 1.807) is 12.3 Å². The number of aliphatic hydroxyl groups is 1. The molecule has 0 bridgehead atoms. The Labute approximate surface area is 222 Å². The Balaban J connectivity index is 1.29. The molecule has 4 aromatic rings. The van der Waals surface area contributed by atoms with Crippen LogP contribution in [0.5, 0.6) is 5.75 Å². The van der Waals surface area contributed by atoms with Crippen molar-refractivity contribution in [3.63, 3.8) is 0 Å². The highest BCUT2D eigenvalue weighted by Crippen LogP contribution is 2.36. The lowest BCUT2D eigenvalue weighted by Crippen LogP contribution is -2.36. The molecule has 0 spiro atoms. The second-order valence-electron chi connectivity index (χ2n) is 9.43. The first-order chi connectivity index (χ1) is 18.0. The highest BCUT2D eigenvalue weighted by molar-refractivity contribution is 9.10. The standard InChI is InChI=1S/C27H28BrN5O4/c1-15-10-18(33-5-8-36-9-6-33)13-21-24(15)32-26(31-21)23-20(2-4-29-27(23)35)30-14-22(34)17-11-16-3-7-37-25(16)19(28)12-17/h2,4,10-13,22,34H,3,5-9,14H2,1H3,(H,31,32)(H2,29,30,35)/t22-/m1/s1. The molecule has 9 nitrogen and oxygen atoms in total. The van der Waals surface area contributed by atoms with Crippen LogP contribution in [-0.2, 0) is 11.2 Å². The number of hydrogen-bond acceptors (Lipinski definition) is 7. The van der Waals surface area contributed by atoms with Gasteiger partial charge in [0.25, 0.3) is 5.56 Å². The van der Waals surface area contributed by atoms with Crippen LogP contribution < -0.4 is 20.5 Å². The van der Waals surface area contributed by atoms with Crippen LogP contribution in [0.25, 0.3) is 22.4 Å². The van der Waals surface area contributed by atoms with E-state index in [1.165, 1.54) is 0 Å². The van der Waals surface area contributed by atoms with E-state index < -0.39 is 6.10 Å². The van der Waals surface area contributed by atoms with Crippen molar-refractivity contribution in [2.75, 3.05) is 49.7 Å². The van der Waals surface area contributed by atoms with Crippen LogP contribution in [0.1, 0.15) is 22.8 Å². The molecule has 2 aliphatic heterocycles. The number of benzene rings is 2. The van der Waals surface area contributed by atoms with Crippen LogP contribution in [-0.4, -0.2) is 59.5 Å². The van der Waals surface area contributed by atoms with Gasteiger partial charge < -0.3 is 34.8 Å². The van der Waals surface area contributed by atoms with E-state index in [0.29, 0.717) is 36.9 Å². The number of nitrogens with one attached hydrogen (secondary N) is 3. The molecule has 37 heavy (non-hydrogen) atoms. The topological polar surface area (TPSA) is 115 Å². The third kappa shape index (κ3) is 4.60. The first kappa shape index (κ1) is 24.0. The predicted octanol–water partition coefficient (Wildman–Crippen LogP) is 3.91. The smallest absolute Gasteiger partial charge is 0.261 e. The molecule has 10 heteroatoms. The summed E-state index contributed by atoms with van der Waals surface area (Å²) in [7, 11) is 0. The van der Waals surface area contributed by atoms with Crippen molar-refractivity contribution in [3.05, 3.63) is 68.0 Å². The molecule has 1 fully saturated rings. The summed E-state index contributed by atoms with van der Waals surface area (Å²) < 4.78 is 12.0.